The van der Waals surface area contributed by atoms with Gasteiger partial charge in [-0.05, 0) is 19.4 Å². The van der Waals surface area contributed by atoms with Gasteiger partial charge in [-0.25, -0.2) is 4.79 Å². The minimum absolute atomic E-state index is 0.00633. The van der Waals surface area contributed by atoms with Crippen LogP contribution in [0.4, 0.5) is 11.4 Å². The van der Waals surface area contributed by atoms with E-state index in [1.165, 1.54) is 19.1 Å². The van der Waals surface area contributed by atoms with Crippen molar-refractivity contribution < 1.29 is 19.2 Å². The van der Waals surface area contributed by atoms with Crippen LogP contribution in [0.15, 0.2) is 18.2 Å². The Kier molecular flexibility index (Phi) is 6.30. The number of carbonyl (C=O) groups is 2. The third kappa shape index (κ3) is 4.44. The number of hydrogen-bond donors (Lipinski definition) is 2. The van der Waals surface area contributed by atoms with Gasteiger partial charge in [0.15, 0.2) is 6.10 Å². The molecular formula is C14H19N3O5. The molecule has 0 fully saturated rings. The Morgan fingerprint density at radius 3 is 2.64 bits per heavy atom. The molecule has 1 aromatic rings. The van der Waals surface area contributed by atoms with E-state index in [1.807, 2.05) is 6.92 Å². The Morgan fingerprint density at radius 2 is 2.09 bits per heavy atom. The molecule has 0 heterocycles. The van der Waals surface area contributed by atoms with Gasteiger partial charge >= 0.3 is 5.97 Å². The Morgan fingerprint density at radius 1 is 1.41 bits per heavy atom. The summed E-state index contributed by atoms with van der Waals surface area (Å²) in [6, 6.07) is 3.81. The molecule has 0 saturated heterocycles. The van der Waals surface area contributed by atoms with E-state index in [-0.39, 0.29) is 11.3 Å². The fourth-order valence-corrected chi connectivity index (χ4v) is 1.70. The molecule has 0 spiro atoms. The predicted octanol–water partition coefficient (Wildman–Crippen LogP) is 1.71. The predicted molar refractivity (Wildman–Crippen MR) is 80.8 cm³/mol. The Bertz CT molecular complexity index is 574. The Labute approximate surface area is 128 Å². The van der Waals surface area contributed by atoms with Crippen LogP contribution < -0.4 is 10.6 Å². The first-order chi connectivity index (χ1) is 10.4. The highest BCUT2D eigenvalue weighted by atomic mass is 16.6. The molecule has 1 aromatic carbocycles. The average molecular weight is 309 g/mol. The number of hydrogen-bond acceptors (Lipinski definition) is 6. The number of esters is 1. The fourth-order valence-electron chi connectivity index (χ4n) is 1.70. The maximum Gasteiger partial charge on any atom is 0.341 e. The molecule has 1 amide bonds. The molecule has 1 atom stereocenters. The first-order valence-electron chi connectivity index (χ1n) is 6.85. The highest BCUT2D eigenvalue weighted by Crippen LogP contribution is 2.23. The van der Waals surface area contributed by atoms with Crippen LogP contribution in [0.25, 0.3) is 0 Å². The molecule has 0 aromatic heterocycles. The number of nitrogens with one attached hydrogen (secondary N) is 2. The minimum atomic E-state index is -0.983. The number of benzene rings is 1. The molecule has 0 saturated carbocycles. The van der Waals surface area contributed by atoms with Gasteiger partial charge in [-0.1, -0.05) is 6.92 Å². The molecule has 8 nitrogen and oxygen atoms in total. The van der Waals surface area contributed by atoms with Crippen molar-refractivity contribution in [1.82, 2.24) is 5.32 Å². The van der Waals surface area contributed by atoms with Crippen molar-refractivity contribution in [3.8, 4) is 0 Å². The smallest absolute Gasteiger partial charge is 0.341 e. The first kappa shape index (κ1) is 17.4. The molecule has 1 rings (SSSR count). The average Bonchev–Trinajstić information content (AvgIpc) is 2.51. The monoisotopic (exact) mass is 309 g/mol. The summed E-state index contributed by atoms with van der Waals surface area (Å²) in [4.78, 5) is 34.0. The molecule has 0 aliphatic rings. The number of nitro benzene ring substituents is 1. The van der Waals surface area contributed by atoms with E-state index in [1.54, 1.807) is 7.05 Å². The standard InChI is InChI=1S/C14H19N3O5/c1-4-7-16-13(18)9(2)22-14(19)11-8-10(17(20)21)5-6-12(11)15-3/h5-6,8-9,15H,4,7H2,1-3H3,(H,16,18)/t9-/m0/s1. The van der Waals surface area contributed by atoms with Crippen molar-refractivity contribution in [2.75, 3.05) is 18.9 Å². The number of anilines is 1. The quantitative estimate of drug-likeness (QED) is 0.450. The van der Waals surface area contributed by atoms with Crippen LogP contribution in [0.3, 0.4) is 0 Å². The first-order valence-corrected chi connectivity index (χ1v) is 6.85. The highest BCUT2D eigenvalue weighted by molar-refractivity contribution is 5.98. The van der Waals surface area contributed by atoms with Crippen LogP contribution >= 0.6 is 0 Å². The van der Waals surface area contributed by atoms with E-state index in [9.17, 15) is 19.7 Å². The van der Waals surface area contributed by atoms with Gasteiger partial charge in [0.05, 0.1) is 10.5 Å². The lowest BCUT2D eigenvalue weighted by Gasteiger charge is -2.14. The zero-order valence-electron chi connectivity index (χ0n) is 12.7. The number of non-ortho nitro benzene ring substituents is 1. The Balaban J connectivity index is 2.90. The summed E-state index contributed by atoms with van der Waals surface area (Å²) in [5.41, 5.74) is 0.164. The maximum absolute atomic E-state index is 12.1. The van der Waals surface area contributed by atoms with E-state index in [4.69, 9.17) is 4.74 Å². The number of nitrogens with zero attached hydrogens (tertiary/aromatic N) is 1. The number of carbonyl (C=O) groups excluding carboxylic acids is 2. The molecule has 2 N–H and O–H groups in total. The molecule has 0 unspecified atom stereocenters. The van der Waals surface area contributed by atoms with Crippen molar-refractivity contribution in [1.29, 1.82) is 0 Å². The summed E-state index contributed by atoms with van der Waals surface area (Å²) in [6.45, 7) is 3.83. The molecule has 0 aliphatic carbocycles. The van der Waals surface area contributed by atoms with E-state index in [0.717, 1.165) is 12.5 Å². The third-order valence-electron chi connectivity index (χ3n) is 2.91. The summed E-state index contributed by atoms with van der Waals surface area (Å²) in [5, 5.41) is 16.2. The van der Waals surface area contributed by atoms with E-state index < -0.39 is 22.9 Å². The summed E-state index contributed by atoms with van der Waals surface area (Å²) in [6.07, 6.45) is -0.218. The van der Waals surface area contributed by atoms with Crippen LogP contribution in [0, 0.1) is 10.1 Å². The second-order valence-electron chi connectivity index (χ2n) is 4.58. The van der Waals surface area contributed by atoms with Crippen LogP contribution in [-0.4, -0.2) is 36.5 Å². The number of rotatable bonds is 7. The molecule has 8 heteroatoms. The molecule has 120 valence electrons. The second kappa shape index (κ2) is 7.96. The summed E-state index contributed by atoms with van der Waals surface area (Å²) < 4.78 is 5.06. The maximum atomic E-state index is 12.1. The molecule has 0 radical (unpaired) electrons. The van der Waals surface area contributed by atoms with Crippen LogP contribution in [-0.2, 0) is 9.53 Å². The summed E-state index contributed by atoms with van der Waals surface area (Å²) >= 11 is 0. The largest absolute Gasteiger partial charge is 0.449 e. The van der Waals surface area contributed by atoms with Crippen molar-refractivity contribution >= 4 is 23.3 Å². The van der Waals surface area contributed by atoms with Crippen molar-refractivity contribution in [2.45, 2.75) is 26.4 Å². The minimum Gasteiger partial charge on any atom is -0.449 e. The van der Waals surface area contributed by atoms with Gasteiger partial charge in [0, 0.05) is 31.4 Å². The van der Waals surface area contributed by atoms with Gasteiger partial charge in [0.25, 0.3) is 11.6 Å². The van der Waals surface area contributed by atoms with Gasteiger partial charge in [-0.2, -0.15) is 0 Å². The highest BCUT2D eigenvalue weighted by Gasteiger charge is 2.22. The van der Waals surface area contributed by atoms with Gasteiger partial charge < -0.3 is 15.4 Å². The molecular weight excluding hydrogens is 290 g/mol. The van der Waals surface area contributed by atoms with Crippen molar-refractivity contribution in [2.24, 2.45) is 0 Å². The van der Waals surface area contributed by atoms with Gasteiger partial charge in [0.2, 0.25) is 0 Å². The molecule has 22 heavy (non-hydrogen) atoms. The van der Waals surface area contributed by atoms with Crippen molar-refractivity contribution in [3.63, 3.8) is 0 Å². The molecule has 0 aliphatic heterocycles. The summed E-state index contributed by atoms with van der Waals surface area (Å²) in [7, 11) is 1.58. The van der Waals surface area contributed by atoms with Crippen LogP contribution in [0.2, 0.25) is 0 Å². The van der Waals surface area contributed by atoms with E-state index in [2.05, 4.69) is 10.6 Å². The SMILES string of the molecule is CCCNC(=O)[C@H](C)OC(=O)c1cc([N+](=O)[O-])ccc1NC. The van der Waals surface area contributed by atoms with Crippen LogP contribution in [0.1, 0.15) is 30.6 Å². The van der Waals surface area contributed by atoms with E-state index >= 15 is 0 Å². The summed E-state index contributed by atoms with van der Waals surface area (Å²) in [5.74, 6) is -1.21. The number of nitro groups is 1. The normalized spacial score (nSPS) is 11.4. The second-order valence-corrected chi connectivity index (χ2v) is 4.58. The number of amides is 1. The van der Waals surface area contributed by atoms with Crippen molar-refractivity contribution in [3.05, 3.63) is 33.9 Å². The Hall–Kier alpha value is -2.64. The third-order valence-corrected chi connectivity index (χ3v) is 2.91. The topological polar surface area (TPSA) is 111 Å². The number of ether oxygens (including phenoxy) is 1. The van der Waals surface area contributed by atoms with Crippen LogP contribution in [0.5, 0.6) is 0 Å². The van der Waals surface area contributed by atoms with E-state index in [0.29, 0.717) is 12.2 Å². The lowest BCUT2D eigenvalue weighted by Crippen LogP contribution is -2.36. The molecule has 0 bridgehead atoms. The van der Waals surface area contributed by atoms with Gasteiger partial charge in [-0.15, -0.1) is 0 Å². The fraction of sp³-hybridized carbons (Fsp3) is 0.429. The van der Waals surface area contributed by atoms with Gasteiger partial charge in [0.1, 0.15) is 0 Å². The zero-order chi connectivity index (χ0) is 16.7. The lowest BCUT2D eigenvalue weighted by molar-refractivity contribution is -0.384. The van der Waals surface area contributed by atoms with Gasteiger partial charge in [-0.3, -0.25) is 14.9 Å². The zero-order valence-corrected chi connectivity index (χ0v) is 12.7. The lowest BCUT2D eigenvalue weighted by atomic mass is 10.1.